The number of carbonyl (C=O) groups excluding carboxylic acids is 1. The molecule has 0 bridgehead atoms. The lowest BCUT2D eigenvalue weighted by molar-refractivity contribution is 0.0988. The van der Waals surface area contributed by atoms with Gasteiger partial charge in [-0.15, -0.1) is 0 Å². The number of carbonyl (C=O) groups is 1. The maximum absolute atomic E-state index is 13.4. The van der Waals surface area contributed by atoms with Crippen molar-refractivity contribution in [2.24, 2.45) is 0 Å². The monoisotopic (exact) mass is 344 g/mol. The maximum Gasteiger partial charge on any atom is 0.259 e. The van der Waals surface area contributed by atoms with Gasteiger partial charge in [-0.25, -0.2) is 13.8 Å². The lowest BCUT2D eigenvalue weighted by Crippen LogP contribution is -2.29. The van der Waals surface area contributed by atoms with Crippen LogP contribution in [0.25, 0.3) is 10.9 Å². The average molecular weight is 345 g/mol. The first-order valence-corrected chi connectivity index (χ1v) is 7.77. The van der Waals surface area contributed by atoms with Crippen LogP contribution in [0.5, 0.6) is 0 Å². The van der Waals surface area contributed by atoms with Crippen LogP contribution in [0.4, 0.5) is 14.6 Å². The van der Waals surface area contributed by atoms with E-state index < -0.39 is 17.5 Å². The molecule has 3 aromatic rings. The van der Waals surface area contributed by atoms with Crippen molar-refractivity contribution >= 4 is 34.2 Å². The Hall–Kier alpha value is -2.53. The zero-order chi connectivity index (χ0) is 16.8. The lowest BCUT2D eigenvalue weighted by atomic mass is 10.1. The second kappa shape index (κ2) is 5.53. The molecule has 1 aliphatic heterocycles. The third-order valence-electron chi connectivity index (χ3n) is 4.12. The standard InChI is InChI=1S/C18H11ClF2N2O/c19-13-3-1-2-10-8-11-6-7-23(17(11)22-16(10)13)18(24)12-4-5-14(20)15(21)9-12/h1-5,8-9H,6-7H2. The van der Waals surface area contributed by atoms with E-state index in [2.05, 4.69) is 4.98 Å². The van der Waals surface area contributed by atoms with Crippen LogP contribution in [-0.4, -0.2) is 17.4 Å². The summed E-state index contributed by atoms with van der Waals surface area (Å²) in [5.74, 6) is -1.92. The number of aromatic nitrogens is 1. The Morgan fingerprint density at radius 3 is 2.75 bits per heavy atom. The van der Waals surface area contributed by atoms with E-state index in [4.69, 9.17) is 11.6 Å². The molecule has 0 atom stereocenters. The molecule has 0 fully saturated rings. The molecular formula is C18H11ClF2N2O. The first-order valence-electron chi connectivity index (χ1n) is 7.39. The zero-order valence-electron chi connectivity index (χ0n) is 12.4. The van der Waals surface area contributed by atoms with Crippen molar-refractivity contribution in [1.29, 1.82) is 0 Å². The van der Waals surface area contributed by atoms with Gasteiger partial charge in [0.1, 0.15) is 5.82 Å². The van der Waals surface area contributed by atoms with E-state index in [0.717, 1.165) is 23.1 Å². The van der Waals surface area contributed by atoms with E-state index in [0.29, 0.717) is 29.3 Å². The number of pyridine rings is 1. The Balaban J connectivity index is 1.79. The number of amides is 1. The first-order chi connectivity index (χ1) is 11.5. The van der Waals surface area contributed by atoms with Crippen LogP contribution in [-0.2, 0) is 6.42 Å². The predicted molar refractivity (Wildman–Crippen MR) is 88.5 cm³/mol. The Kier molecular flexibility index (Phi) is 3.46. The average Bonchev–Trinajstić information content (AvgIpc) is 2.98. The van der Waals surface area contributed by atoms with E-state index in [1.165, 1.54) is 11.0 Å². The molecule has 0 radical (unpaired) electrons. The van der Waals surface area contributed by atoms with Crippen molar-refractivity contribution in [1.82, 2.24) is 4.98 Å². The fraction of sp³-hybridized carbons (Fsp3) is 0.111. The molecule has 1 aromatic heterocycles. The van der Waals surface area contributed by atoms with Gasteiger partial charge in [0.15, 0.2) is 11.6 Å². The molecule has 2 aromatic carbocycles. The number of halogens is 3. The van der Waals surface area contributed by atoms with Crippen molar-refractivity contribution in [2.75, 3.05) is 11.4 Å². The van der Waals surface area contributed by atoms with Gasteiger partial charge in [-0.2, -0.15) is 0 Å². The minimum absolute atomic E-state index is 0.0859. The third kappa shape index (κ3) is 2.32. The van der Waals surface area contributed by atoms with Crippen LogP contribution in [0.3, 0.4) is 0 Å². The predicted octanol–water partition coefficient (Wildman–Crippen LogP) is 4.37. The number of benzene rings is 2. The van der Waals surface area contributed by atoms with Crippen LogP contribution in [0.2, 0.25) is 5.02 Å². The van der Waals surface area contributed by atoms with Crippen LogP contribution in [0.1, 0.15) is 15.9 Å². The van der Waals surface area contributed by atoms with Gasteiger partial charge >= 0.3 is 0 Å². The molecule has 24 heavy (non-hydrogen) atoms. The Morgan fingerprint density at radius 1 is 1.12 bits per heavy atom. The largest absolute Gasteiger partial charge is 0.292 e. The van der Waals surface area contributed by atoms with Gasteiger partial charge in [0.05, 0.1) is 10.5 Å². The number of para-hydroxylation sites is 1. The number of nitrogens with zero attached hydrogens (tertiary/aromatic N) is 2. The highest BCUT2D eigenvalue weighted by Crippen LogP contribution is 2.32. The topological polar surface area (TPSA) is 33.2 Å². The fourth-order valence-electron chi connectivity index (χ4n) is 2.93. The summed E-state index contributed by atoms with van der Waals surface area (Å²) in [7, 11) is 0. The third-order valence-corrected chi connectivity index (χ3v) is 4.43. The molecular weight excluding hydrogens is 334 g/mol. The number of anilines is 1. The molecule has 0 saturated carbocycles. The molecule has 1 amide bonds. The summed E-state index contributed by atoms with van der Waals surface area (Å²) in [6, 6.07) is 10.6. The van der Waals surface area contributed by atoms with Crippen molar-refractivity contribution < 1.29 is 13.6 Å². The second-order valence-electron chi connectivity index (χ2n) is 5.62. The van der Waals surface area contributed by atoms with Crippen molar-refractivity contribution in [3.8, 4) is 0 Å². The molecule has 3 nitrogen and oxygen atoms in total. The Morgan fingerprint density at radius 2 is 1.96 bits per heavy atom. The summed E-state index contributed by atoms with van der Waals surface area (Å²) in [6.45, 7) is 0.439. The van der Waals surface area contributed by atoms with Gasteiger partial charge in [-0.05, 0) is 42.3 Å². The number of hydrogen-bond donors (Lipinski definition) is 0. The van der Waals surface area contributed by atoms with Crippen LogP contribution < -0.4 is 4.90 Å². The van der Waals surface area contributed by atoms with Gasteiger partial charge in [0.25, 0.3) is 5.91 Å². The Labute approximate surface area is 141 Å². The van der Waals surface area contributed by atoms with E-state index >= 15 is 0 Å². The van der Waals surface area contributed by atoms with Gasteiger partial charge in [-0.1, -0.05) is 23.7 Å². The summed E-state index contributed by atoms with van der Waals surface area (Å²) in [6.07, 6.45) is 0.653. The summed E-state index contributed by atoms with van der Waals surface area (Å²) in [4.78, 5) is 18.7. The van der Waals surface area contributed by atoms with Crippen LogP contribution in [0.15, 0.2) is 42.5 Å². The van der Waals surface area contributed by atoms with Gasteiger partial charge < -0.3 is 0 Å². The molecule has 6 heteroatoms. The number of hydrogen-bond acceptors (Lipinski definition) is 2. The van der Waals surface area contributed by atoms with E-state index in [9.17, 15) is 13.6 Å². The lowest BCUT2D eigenvalue weighted by Gasteiger charge is -2.17. The highest BCUT2D eigenvalue weighted by Gasteiger charge is 2.28. The van der Waals surface area contributed by atoms with Crippen molar-refractivity contribution in [3.63, 3.8) is 0 Å². The quantitative estimate of drug-likeness (QED) is 0.656. The molecule has 1 aliphatic rings. The molecule has 120 valence electrons. The molecule has 0 saturated heterocycles. The highest BCUT2D eigenvalue weighted by atomic mass is 35.5. The zero-order valence-corrected chi connectivity index (χ0v) is 13.1. The molecule has 0 aliphatic carbocycles. The normalized spacial score (nSPS) is 13.4. The number of fused-ring (bicyclic) bond motifs is 2. The fourth-order valence-corrected chi connectivity index (χ4v) is 3.16. The van der Waals surface area contributed by atoms with E-state index in [-0.39, 0.29) is 5.56 Å². The number of rotatable bonds is 1. The van der Waals surface area contributed by atoms with Gasteiger partial charge in [0, 0.05) is 17.5 Å². The van der Waals surface area contributed by atoms with Crippen molar-refractivity contribution in [3.05, 3.63) is 70.2 Å². The molecule has 0 spiro atoms. The molecule has 4 rings (SSSR count). The minimum Gasteiger partial charge on any atom is -0.292 e. The SMILES string of the molecule is O=C(c1ccc(F)c(F)c1)N1CCc2cc3cccc(Cl)c3nc21. The van der Waals surface area contributed by atoms with E-state index in [1.807, 2.05) is 18.2 Å². The van der Waals surface area contributed by atoms with E-state index in [1.54, 1.807) is 6.07 Å². The van der Waals surface area contributed by atoms with Crippen molar-refractivity contribution in [2.45, 2.75) is 6.42 Å². The summed E-state index contributed by atoms with van der Waals surface area (Å²) < 4.78 is 26.5. The summed E-state index contributed by atoms with van der Waals surface area (Å²) in [5.41, 5.74) is 1.63. The minimum atomic E-state index is -1.05. The molecule has 0 unspecified atom stereocenters. The molecule has 2 heterocycles. The smallest absolute Gasteiger partial charge is 0.259 e. The summed E-state index contributed by atoms with van der Waals surface area (Å²) in [5, 5.41) is 1.41. The van der Waals surface area contributed by atoms with Crippen LogP contribution >= 0.6 is 11.6 Å². The first kappa shape index (κ1) is 15.0. The maximum atomic E-state index is 13.4. The Bertz CT molecular complexity index is 990. The van der Waals surface area contributed by atoms with Gasteiger partial charge in [-0.3, -0.25) is 9.69 Å². The van der Waals surface area contributed by atoms with Gasteiger partial charge in [0.2, 0.25) is 0 Å². The molecule has 0 N–H and O–H groups in total. The summed E-state index contributed by atoms with van der Waals surface area (Å²) >= 11 is 6.18. The highest BCUT2D eigenvalue weighted by molar-refractivity contribution is 6.35. The van der Waals surface area contributed by atoms with Crippen LogP contribution in [0, 0.1) is 11.6 Å². The second-order valence-corrected chi connectivity index (χ2v) is 6.03.